The number of hydrogen-bond acceptors (Lipinski definition) is 3. The number of hydrogen-bond donors (Lipinski definition) is 0. The van der Waals surface area contributed by atoms with Crippen molar-refractivity contribution in [3.8, 4) is 0 Å². The smallest absolute Gasteiger partial charge is 0.234 e. The summed E-state index contributed by atoms with van der Waals surface area (Å²) in [6.07, 6.45) is 3.94. The first-order chi connectivity index (χ1) is 8.75. The van der Waals surface area contributed by atoms with Crippen LogP contribution in [0.4, 0.5) is 5.69 Å². The molecule has 0 radical (unpaired) electrons. The van der Waals surface area contributed by atoms with Gasteiger partial charge in [0.15, 0.2) is 0 Å². The highest BCUT2D eigenvalue weighted by Crippen LogP contribution is 2.28. The largest absolute Gasteiger partial charge is 0.311 e. The summed E-state index contributed by atoms with van der Waals surface area (Å²) in [4.78, 5) is 29.0. The summed E-state index contributed by atoms with van der Waals surface area (Å²) < 4.78 is 0. The first kappa shape index (κ1) is 10.9. The first-order valence-electron chi connectivity index (χ1n) is 5.90. The molecule has 18 heavy (non-hydrogen) atoms. The molecule has 1 saturated heterocycles. The topological polar surface area (TPSA) is 50.3 Å². The zero-order valence-electron chi connectivity index (χ0n) is 9.80. The van der Waals surface area contributed by atoms with Crippen molar-refractivity contribution in [1.29, 1.82) is 0 Å². The molecule has 0 spiro atoms. The molecule has 1 aromatic heterocycles. The number of Topliss-reactive ketones (excluding diaryl/α,β-unsaturated/α-hetero) is 1. The summed E-state index contributed by atoms with van der Waals surface area (Å²) in [6.45, 7) is 0.471. The Balaban J connectivity index is 2.09. The van der Waals surface area contributed by atoms with E-state index in [1.54, 1.807) is 17.3 Å². The molecule has 0 atom stereocenters. The quantitative estimate of drug-likeness (QED) is 0.716. The van der Waals surface area contributed by atoms with Gasteiger partial charge in [0, 0.05) is 36.1 Å². The van der Waals surface area contributed by atoms with Gasteiger partial charge in [-0.15, -0.1) is 0 Å². The zero-order chi connectivity index (χ0) is 12.5. The number of rotatable bonds is 1. The maximum absolute atomic E-state index is 11.9. The lowest BCUT2D eigenvalue weighted by molar-refractivity contribution is -0.128. The highest BCUT2D eigenvalue weighted by Gasteiger charge is 2.25. The third-order valence-electron chi connectivity index (χ3n) is 3.21. The number of ketones is 1. The van der Waals surface area contributed by atoms with Crippen LogP contribution in [0.25, 0.3) is 10.8 Å². The molecular weight excluding hydrogens is 228 g/mol. The maximum Gasteiger partial charge on any atom is 0.234 e. The molecule has 4 heteroatoms. The van der Waals surface area contributed by atoms with Crippen LogP contribution in [0, 0.1) is 0 Å². The summed E-state index contributed by atoms with van der Waals surface area (Å²) in [5.41, 5.74) is 0.868. The summed E-state index contributed by atoms with van der Waals surface area (Å²) >= 11 is 0. The number of anilines is 1. The number of benzene rings is 1. The number of amides is 1. The molecule has 0 unspecified atom stereocenters. The predicted molar refractivity (Wildman–Crippen MR) is 68.3 cm³/mol. The molecule has 1 aromatic carbocycles. The van der Waals surface area contributed by atoms with Gasteiger partial charge in [-0.2, -0.15) is 0 Å². The number of fused-ring (bicyclic) bond motifs is 1. The molecule has 0 aliphatic carbocycles. The van der Waals surface area contributed by atoms with E-state index < -0.39 is 0 Å². The fourth-order valence-corrected chi connectivity index (χ4v) is 2.31. The molecule has 4 nitrogen and oxygen atoms in total. The van der Waals surface area contributed by atoms with Gasteiger partial charge in [0.1, 0.15) is 5.78 Å². The molecule has 1 amide bonds. The average Bonchev–Trinajstić information content (AvgIpc) is 2.38. The number of carbonyl (C=O) groups is 2. The van der Waals surface area contributed by atoms with Crippen LogP contribution in [0.5, 0.6) is 0 Å². The molecule has 1 aliphatic heterocycles. The van der Waals surface area contributed by atoms with Crippen LogP contribution in [0.3, 0.4) is 0 Å². The fraction of sp³-hybridized carbons (Fsp3) is 0.214. The summed E-state index contributed by atoms with van der Waals surface area (Å²) in [5, 5.41) is 2.00. The molecule has 0 saturated carbocycles. The molecule has 90 valence electrons. The monoisotopic (exact) mass is 240 g/mol. The van der Waals surface area contributed by atoms with Crippen LogP contribution in [0.2, 0.25) is 0 Å². The van der Waals surface area contributed by atoms with Crippen LogP contribution in [0.1, 0.15) is 12.8 Å². The van der Waals surface area contributed by atoms with E-state index in [9.17, 15) is 9.59 Å². The van der Waals surface area contributed by atoms with Crippen molar-refractivity contribution < 1.29 is 9.59 Å². The molecule has 3 rings (SSSR count). The Morgan fingerprint density at radius 1 is 1.17 bits per heavy atom. The molecule has 0 bridgehead atoms. The fourth-order valence-electron chi connectivity index (χ4n) is 2.31. The third kappa shape index (κ3) is 1.76. The van der Waals surface area contributed by atoms with E-state index in [0.717, 1.165) is 16.5 Å². The SMILES string of the molecule is O=C1CCN(c2cccc3cnccc23)C(=O)C1. The van der Waals surface area contributed by atoms with Crippen LogP contribution in [-0.4, -0.2) is 23.2 Å². The van der Waals surface area contributed by atoms with Crippen molar-refractivity contribution in [3.05, 3.63) is 36.7 Å². The Morgan fingerprint density at radius 3 is 2.89 bits per heavy atom. The lowest BCUT2D eigenvalue weighted by atomic mass is 10.1. The minimum absolute atomic E-state index is 0.0153. The van der Waals surface area contributed by atoms with Gasteiger partial charge in [-0.05, 0) is 12.1 Å². The zero-order valence-corrected chi connectivity index (χ0v) is 9.80. The van der Waals surface area contributed by atoms with Gasteiger partial charge in [-0.3, -0.25) is 14.6 Å². The number of nitrogens with zero attached hydrogens (tertiary/aromatic N) is 2. The van der Waals surface area contributed by atoms with Gasteiger partial charge >= 0.3 is 0 Å². The second-order valence-electron chi connectivity index (χ2n) is 4.38. The summed E-state index contributed by atoms with van der Waals surface area (Å²) in [5.74, 6) is -0.0892. The average molecular weight is 240 g/mol. The lowest BCUT2D eigenvalue weighted by Crippen LogP contribution is -2.39. The van der Waals surface area contributed by atoms with Crippen molar-refractivity contribution in [3.63, 3.8) is 0 Å². The van der Waals surface area contributed by atoms with Crippen LogP contribution in [0.15, 0.2) is 36.7 Å². The van der Waals surface area contributed by atoms with Crippen molar-refractivity contribution in [2.75, 3.05) is 11.4 Å². The molecule has 0 N–H and O–H groups in total. The van der Waals surface area contributed by atoms with Gasteiger partial charge in [0.05, 0.1) is 12.1 Å². The van der Waals surface area contributed by atoms with Gasteiger partial charge in [-0.1, -0.05) is 12.1 Å². The van der Waals surface area contributed by atoms with E-state index in [-0.39, 0.29) is 18.1 Å². The van der Waals surface area contributed by atoms with E-state index in [2.05, 4.69) is 4.98 Å². The van der Waals surface area contributed by atoms with Gasteiger partial charge in [0.25, 0.3) is 0 Å². The number of pyridine rings is 1. The van der Waals surface area contributed by atoms with Crippen molar-refractivity contribution >= 4 is 28.2 Å². The van der Waals surface area contributed by atoms with Crippen molar-refractivity contribution in [1.82, 2.24) is 4.98 Å². The summed E-state index contributed by atoms with van der Waals surface area (Å²) in [7, 11) is 0. The molecular formula is C14H12N2O2. The second kappa shape index (κ2) is 4.22. The Morgan fingerprint density at radius 2 is 2.06 bits per heavy atom. The molecule has 1 aliphatic rings. The van der Waals surface area contributed by atoms with Gasteiger partial charge < -0.3 is 4.90 Å². The Bertz CT molecular complexity index is 631. The van der Waals surface area contributed by atoms with E-state index in [1.807, 2.05) is 24.3 Å². The van der Waals surface area contributed by atoms with E-state index in [1.165, 1.54) is 0 Å². The third-order valence-corrected chi connectivity index (χ3v) is 3.21. The van der Waals surface area contributed by atoms with E-state index in [4.69, 9.17) is 0 Å². The first-order valence-corrected chi connectivity index (χ1v) is 5.90. The number of carbonyl (C=O) groups excluding carboxylic acids is 2. The molecule has 2 aromatic rings. The van der Waals surface area contributed by atoms with Crippen molar-refractivity contribution in [2.45, 2.75) is 12.8 Å². The summed E-state index contributed by atoms with van der Waals surface area (Å²) in [6, 6.07) is 7.68. The number of piperidine rings is 1. The molecule has 1 fully saturated rings. The minimum atomic E-state index is -0.115. The van der Waals surface area contributed by atoms with Crippen molar-refractivity contribution in [2.24, 2.45) is 0 Å². The van der Waals surface area contributed by atoms with Gasteiger partial charge in [0.2, 0.25) is 5.91 Å². The van der Waals surface area contributed by atoms with E-state index >= 15 is 0 Å². The highest BCUT2D eigenvalue weighted by molar-refractivity contribution is 6.11. The van der Waals surface area contributed by atoms with Crippen LogP contribution in [-0.2, 0) is 9.59 Å². The highest BCUT2D eigenvalue weighted by atomic mass is 16.2. The maximum atomic E-state index is 11.9. The Labute approximate surface area is 104 Å². The van der Waals surface area contributed by atoms with Crippen LogP contribution >= 0.6 is 0 Å². The van der Waals surface area contributed by atoms with Crippen LogP contribution < -0.4 is 4.90 Å². The lowest BCUT2D eigenvalue weighted by Gasteiger charge is -2.27. The number of aromatic nitrogens is 1. The van der Waals surface area contributed by atoms with E-state index in [0.29, 0.717) is 13.0 Å². The Hall–Kier alpha value is -2.23. The standard InChI is InChI=1S/C14H12N2O2/c17-11-5-7-16(14(18)8-11)13-3-1-2-10-9-15-6-4-12(10)13/h1-4,6,9H,5,7-8H2. The molecule has 2 heterocycles. The van der Waals surface area contributed by atoms with Gasteiger partial charge in [-0.25, -0.2) is 0 Å². The second-order valence-corrected chi connectivity index (χ2v) is 4.38. The predicted octanol–water partition coefficient (Wildman–Crippen LogP) is 1.93. The minimum Gasteiger partial charge on any atom is -0.311 e. The Kier molecular flexibility index (Phi) is 2.55. The normalized spacial score (nSPS) is 16.3.